The van der Waals surface area contributed by atoms with E-state index in [9.17, 15) is 0 Å². The van der Waals surface area contributed by atoms with Crippen molar-refractivity contribution in [1.82, 2.24) is 29.4 Å². The SMILES string of the molecule is Cc1cnnn1Cc1ncn2c1CN(Cc1cccs1)CCC2. The largest absolute Gasteiger partial charge is 0.333 e. The van der Waals surface area contributed by atoms with Crippen LogP contribution in [0.2, 0.25) is 0 Å². The first-order chi connectivity index (χ1) is 11.3. The molecule has 4 rings (SSSR count). The van der Waals surface area contributed by atoms with Crippen LogP contribution in [0, 0.1) is 6.92 Å². The maximum absolute atomic E-state index is 4.64. The predicted molar refractivity (Wildman–Crippen MR) is 89.1 cm³/mol. The second kappa shape index (κ2) is 6.25. The third kappa shape index (κ3) is 3.07. The fraction of sp³-hybridized carbons (Fsp3) is 0.438. The summed E-state index contributed by atoms with van der Waals surface area (Å²) in [6.45, 7) is 6.85. The highest BCUT2D eigenvalue weighted by atomic mass is 32.1. The zero-order valence-electron chi connectivity index (χ0n) is 13.2. The number of hydrogen-bond acceptors (Lipinski definition) is 5. The molecule has 3 aromatic heterocycles. The first-order valence-corrected chi connectivity index (χ1v) is 8.80. The summed E-state index contributed by atoms with van der Waals surface area (Å²) in [4.78, 5) is 8.58. The van der Waals surface area contributed by atoms with Gasteiger partial charge in [0.2, 0.25) is 0 Å². The van der Waals surface area contributed by atoms with Gasteiger partial charge in [0.1, 0.15) is 0 Å². The standard InChI is InChI=1S/C16H20N6S/c1-13-8-18-19-22(13)10-15-16-11-20(9-14-4-2-7-23-14)5-3-6-21(16)12-17-15/h2,4,7-8,12H,3,5-6,9-11H2,1H3. The van der Waals surface area contributed by atoms with Crippen LogP contribution >= 0.6 is 11.3 Å². The number of fused-ring (bicyclic) bond motifs is 1. The number of hydrogen-bond donors (Lipinski definition) is 0. The fourth-order valence-electron chi connectivity index (χ4n) is 3.08. The zero-order chi connectivity index (χ0) is 15.6. The van der Waals surface area contributed by atoms with Crippen molar-refractivity contribution < 1.29 is 0 Å². The van der Waals surface area contributed by atoms with Gasteiger partial charge >= 0.3 is 0 Å². The Kier molecular flexibility index (Phi) is 3.97. The van der Waals surface area contributed by atoms with Crippen molar-refractivity contribution in [2.45, 2.75) is 39.5 Å². The Labute approximate surface area is 139 Å². The molecule has 0 unspecified atom stereocenters. The topological polar surface area (TPSA) is 51.8 Å². The second-order valence-electron chi connectivity index (χ2n) is 6.01. The van der Waals surface area contributed by atoms with Crippen LogP contribution in [0.5, 0.6) is 0 Å². The summed E-state index contributed by atoms with van der Waals surface area (Å²) in [5, 5.41) is 10.3. The molecular formula is C16H20N6S. The molecular weight excluding hydrogens is 308 g/mol. The summed E-state index contributed by atoms with van der Waals surface area (Å²) < 4.78 is 4.22. The zero-order valence-corrected chi connectivity index (χ0v) is 14.0. The lowest BCUT2D eigenvalue weighted by atomic mass is 10.3. The second-order valence-corrected chi connectivity index (χ2v) is 7.04. The molecule has 4 heterocycles. The van der Waals surface area contributed by atoms with Gasteiger partial charge in [-0.1, -0.05) is 11.3 Å². The van der Waals surface area contributed by atoms with Gasteiger partial charge < -0.3 is 4.57 Å². The Morgan fingerprint density at radius 2 is 2.22 bits per heavy atom. The van der Waals surface area contributed by atoms with Crippen LogP contribution in [-0.2, 0) is 26.2 Å². The molecule has 1 aliphatic rings. The Morgan fingerprint density at radius 1 is 1.26 bits per heavy atom. The average Bonchev–Trinajstić information content (AvgIpc) is 3.23. The number of rotatable bonds is 4. The van der Waals surface area contributed by atoms with E-state index in [2.05, 4.69) is 42.3 Å². The maximum Gasteiger partial charge on any atom is 0.0952 e. The lowest BCUT2D eigenvalue weighted by Crippen LogP contribution is -2.23. The maximum atomic E-state index is 4.64. The molecule has 0 saturated carbocycles. The van der Waals surface area contributed by atoms with Crippen molar-refractivity contribution in [3.05, 3.63) is 52.0 Å². The van der Waals surface area contributed by atoms with Crippen molar-refractivity contribution in [1.29, 1.82) is 0 Å². The molecule has 0 atom stereocenters. The van der Waals surface area contributed by atoms with Gasteiger partial charge in [-0.3, -0.25) is 4.90 Å². The molecule has 0 amide bonds. The van der Waals surface area contributed by atoms with Crippen molar-refractivity contribution in [2.75, 3.05) is 6.54 Å². The lowest BCUT2D eigenvalue weighted by molar-refractivity contribution is 0.262. The third-order valence-electron chi connectivity index (χ3n) is 4.35. The highest BCUT2D eigenvalue weighted by Gasteiger charge is 2.19. The summed E-state index contributed by atoms with van der Waals surface area (Å²) in [7, 11) is 0. The minimum Gasteiger partial charge on any atom is -0.333 e. The monoisotopic (exact) mass is 328 g/mol. The Morgan fingerprint density at radius 3 is 3.00 bits per heavy atom. The molecule has 1 aliphatic heterocycles. The van der Waals surface area contributed by atoms with E-state index >= 15 is 0 Å². The molecule has 0 spiro atoms. The quantitative estimate of drug-likeness (QED) is 0.737. The van der Waals surface area contributed by atoms with Gasteiger partial charge in [0, 0.05) is 31.1 Å². The van der Waals surface area contributed by atoms with Crippen LogP contribution in [0.4, 0.5) is 0 Å². The van der Waals surface area contributed by atoms with Crippen LogP contribution in [0.15, 0.2) is 30.0 Å². The van der Waals surface area contributed by atoms with E-state index in [0.717, 1.165) is 44.0 Å². The first-order valence-electron chi connectivity index (χ1n) is 7.92. The number of aryl methyl sites for hydroxylation is 2. The Hall–Kier alpha value is -1.99. The third-order valence-corrected chi connectivity index (χ3v) is 5.21. The van der Waals surface area contributed by atoms with Crippen molar-refractivity contribution in [3.63, 3.8) is 0 Å². The molecule has 0 radical (unpaired) electrons. The van der Waals surface area contributed by atoms with E-state index in [4.69, 9.17) is 0 Å². The van der Waals surface area contributed by atoms with Crippen molar-refractivity contribution in [2.24, 2.45) is 0 Å². The van der Waals surface area contributed by atoms with Crippen LogP contribution in [-0.4, -0.2) is 36.0 Å². The van der Waals surface area contributed by atoms with Gasteiger partial charge in [0.05, 0.1) is 36.2 Å². The van der Waals surface area contributed by atoms with Gasteiger partial charge in [0.25, 0.3) is 0 Å². The number of aromatic nitrogens is 5. The van der Waals surface area contributed by atoms with Crippen molar-refractivity contribution in [3.8, 4) is 0 Å². The van der Waals surface area contributed by atoms with Crippen LogP contribution < -0.4 is 0 Å². The van der Waals surface area contributed by atoms with E-state index in [1.807, 2.05) is 29.3 Å². The van der Waals surface area contributed by atoms with Gasteiger partial charge in [0.15, 0.2) is 0 Å². The van der Waals surface area contributed by atoms with Crippen LogP contribution in [0.25, 0.3) is 0 Å². The smallest absolute Gasteiger partial charge is 0.0952 e. The molecule has 120 valence electrons. The fourth-order valence-corrected chi connectivity index (χ4v) is 3.82. The Balaban J connectivity index is 1.56. The van der Waals surface area contributed by atoms with E-state index < -0.39 is 0 Å². The van der Waals surface area contributed by atoms with Crippen LogP contribution in [0.1, 0.15) is 28.4 Å². The van der Waals surface area contributed by atoms with E-state index in [0.29, 0.717) is 6.54 Å². The summed E-state index contributed by atoms with van der Waals surface area (Å²) in [6, 6.07) is 4.34. The minimum atomic E-state index is 0.695. The molecule has 0 aromatic carbocycles. The predicted octanol–water partition coefficient (Wildman–Crippen LogP) is 2.30. The minimum absolute atomic E-state index is 0.695. The number of thiophene rings is 1. The van der Waals surface area contributed by atoms with Gasteiger partial charge in [-0.15, -0.1) is 16.4 Å². The van der Waals surface area contributed by atoms with Gasteiger partial charge in [-0.2, -0.15) is 0 Å². The van der Waals surface area contributed by atoms with Gasteiger partial charge in [-0.05, 0) is 24.8 Å². The Bertz CT molecular complexity index is 772. The average molecular weight is 328 g/mol. The molecule has 0 bridgehead atoms. The highest BCUT2D eigenvalue weighted by Crippen LogP contribution is 2.20. The van der Waals surface area contributed by atoms with Gasteiger partial charge in [-0.25, -0.2) is 9.67 Å². The molecule has 0 N–H and O–H groups in total. The number of imidazole rings is 1. The summed E-state index contributed by atoms with van der Waals surface area (Å²) in [5.41, 5.74) is 3.49. The van der Waals surface area contributed by atoms with E-state index in [1.54, 1.807) is 6.20 Å². The normalized spacial score (nSPS) is 15.5. The van der Waals surface area contributed by atoms with E-state index in [1.165, 1.54) is 10.6 Å². The van der Waals surface area contributed by atoms with Crippen molar-refractivity contribution >= 4 is 11.3 Å². The molecule has 3 aromatic rings. The summed E-state index contributed by atoms with van der Waals surface area (Å²) >= 11 is 1.83. The first kappa shape index (κ1) is 14.6. The lowest BCUT2D eigenvalue weighted by Gasteiger charge is -2.19. The molecule has 7 heteroatoms. The van der Waals surface area contributed by atoms with E-state index in [-0.39, 0.29) is 0 Å². The molecule has 0 aliphatic carbocycles. The summed E-state index contributed by atoms with van der Waals surface area (Å²) in [6.07, 6.45) is 4.93. The van der Waals surface area contributed by atoms with Crippen LogP contribution in [0.3, 0.4) is 0 Å². The molecule has 0 fully saturated rings. The summed E-state index contributed by atoms with van der Waals surface area (Å²) in [5.74, 6) is 0. The number of nitrogens with zero attached hydrogens (tertiary/aromatic N) is 6. The molecule has 23 heavy (non-hydrogen) atoms. The molecule has 6 nitrogen and oxygen atoms in total. The highest BCUT2D eigenvalue weighted by molar-refractivity contribution is 7.09. The molecule has 0 saturated heterocycles.